The summed E-state index contributed by atoms with van der Waals surface area (Å²) >= 11 is 0. The number of benzene rings is 3. The lowest BCUT2D eigenvalue weighted by Gasteiger charge is -2.28. The number of nitrogens with one attached hydrogen (secondary N) is 2. The Bertz CT molecular complexity index is 1780. The second kappa shape index (κ2) is 11.2. The molecule has 0 aliphatic carbocycles. The van der Waals surface area contributed by atoms with Crippen LogP contribution >= 0.6 is 0 Å². The molecule has 1 aliphatic rings. The van der Waals surface area contributed by atoms with Crippen molar-refractivity contribution < 1.29 is 14.5 Å². The van der Waals surface area contributed by atoms with Crippen molar-refractivity contribution in [2.75, 3.05) is 48.9 Å². The zero-order valence-corrected chi connectivity index (χ0v) is 25.5. The number of morpholine rings is 1. The number of nitrogen functional groups attached to an aromatic ring is 1. The number of amides is 1. The maximum absolute atomic E-state index is 13.5. The van der Waals surface area contributed by atoms with E-state index in [9.17, 15) is 4.79 Å². The van der Waals surface area contributed by atoms with E-state index in [2.05, 4.69) is 66.0 Å². The standard InChI is InChI=1S/C35H38N6O2/c1-22-27(7-6-8-30(22)40(5)33(42)24-9-13-25(14-10-24)35(2,3)4)31-28-21-29(37-32(28)39-34(36)38-31)23-11-15-26(16-12-23)41-17-19-43-20-18-41/h6-16,21H,17-20H2,1-5H3,(H3,36,37,38,39)/p+1. The Balaban J connectivity index is 1.33. The second-order valence-electron chi connectivity index (χ2n) is 12.2. The number of ether oxygens (including phenoxy) is 1. The van der Waals surface area contributed by atoms with Crippen molar-refractivity contribution >= 4 is 34.3 Å². The number of hydrogen-bond donors (Lipinski definition) is 2. The number of H-pyrrole nitrogens is 2. The topological polar surface area (TPSA) is 102 Å². The Kier molecular flexibility index (Phi) is 7.40. The van der Waals surface area contributed by atoms with Crippen LogP contribution in [0.25, 0.3) is 33.5 Å². The number of rotatable bonds is 5. The minimum atomic E-state index is -0.0656. The SMILES string of the molecule is Cc1c(-c2nc(N)[nH+]c3[nH]c(-c4ccc(N5CCOCC5)cc4)cc23)cccc1N(C)C(=O)c1ccc(C(C)(C)C)cc1. The maximum atomic E-state index is 13.5. The van der Waals surface area contributed by atoms with Gasteiger partial charge >= 0.3 is 5.95 Å². The molecule has 4 N–H and O–H groups in total. The molecule has 1 amide bonds. The van der Waals surface area contributed by atoms with E-state index in [4.69, 9.17) is 15.5 Å². The molecule has 1 saturated heterocycles. The quantitative estimate of drug-likeness (QED) is 0.267. The Morgan fingerprint density at radius 2 is 1.72 bits per heavy atom. The molecule has 0 atom stereocenters. The third kappa shape index (κ3) is 5.58. The molecule has 220 valence electrons. The first kappa shape index (κ1) is 28.4. The number of aromatic nitrogens is 3. The highest BCUT2D eigenvalue weighted by atomic mass is 16.5. The fourth-order valence-electron chi connectivity index (χ4n) is 5.77. The van der Waals surface area contributed by atoms with Gasteiger partial charge in [0.25, 0.3) is 5.91 Å². The van der Waals surface area contributed by atoms with E-state index in [1.807, 2.05) is 56.4 Å². The van der Waals surface area contributed by atoms with Crippen LogP contribution in [0.3, 0.4) is 0 Å². The van der Waals surface area contributed by atoms with Crippen molar-refractivity contribution in [2.24, 2.45) is 0 Å². The van der Waals surface area contributed by atoms with Crippen LogP contribution in [0, 0.1) is 6.92 Å². The van der Waals surface area contributed by atoms with E-state index in [-0.39, 0.29) is 11.3 Å². The van der Waals surface area contributed by atoms with Gasteiger partial charge in [-0.05, 0) is 72.0 Å². The van der Waals surface area contributed by atoms with Crippen LogP contribution in [0.4, 0.5) is 17.3 Å². The van der Waals surface area contributed by atoms with Gasteiger partial charge in [-0.1, -0.05) is 45.0 Å². The number of carbonyl (C=O) groups is 1. The fraction of sp³-hybridized carbons (Fsp3) is 0.286. The molecular weight excluding hydrogens is 536 g/mol. The van der Waals surface area contributed by atoms with Crippen molar-refractivity contribution in [2.45, 2.75) is 33.1 Å². The zero-order chi connectivity index (χ0) is 30.3. The molecule has 3 aromatic carbocycles. The highest BCUT2D eigenvalue weighted by molar-refractivity contribution is 6.07. The van der Waals surface area contributed by atoms with Gasteiger partial charge in [0.05, 0.1) is 24.3 Å². The minimum absolute atomic E-state index is 0.0240. The van der Waals surface area contributed by atoms with E-state index < -0.39 is 0 Å². The Hall–Kier alpha value is -4.69. The number of aromatic amines is 2. The van der Waals surface area contributed by atoms with Crippen molar-refractivity contribution in [3.8, 4) is 22.5 Å². The molecule has 1 aliphatic heterocycles. The summed E-state index contributed by atoms with van der Waals surface area (Å²) in [5.41, 5.74) is 15.6. The van der Waals surface area contributed by atoms with Crippen molar-refractivity contribution in [1.82, 2.24) is 9.97 Å². The van der Waals surface area contributed by atoms with Gasteiger partial charge in [-0.2, -0.15) is 0 Å². The predicted molar refractivity (Wildman–Crippen MR) is 174 cm³/mol. The normalized spacial score (nSPS) is 13.8. The molecule has 0 bridgehead atoms. The summed E-state index contributed by atoms with van der Waals surface area (Å²) in [5, 5.41) is 0.924. The van der Waals surface area contributed by atoms with Gasteiger partial charge in [0.1, 0.15) is 5.69 Å². The summed E-state index contributed by atoms with van der Waals surface area (Å²) in [4.78, 5) is 29.0. The largest absolute Gasteiger partial charge is 0.378 e. The lowest BCUT2D eigenvalue weighted by Crippen LogP contribution is -2.36. The predicted octanol–water partition coefficient (Wildman–Crippen LogP) is 6.01. The molecule has 3 heterocycles. The number of anilines is 3. The maximum Gasteiger partial charge on any atom is 0.343 e. The summed E-state index contributed by atoms with van der Waals surface area (Å²) in [5.74, 6) is 0.246. The summed E-state index contributed by atoms with van der Waals surface area (Å²) in [6.07, 6.45) is 0. The van der Waals surface area contributed by atoms with Crippen LogP contribution < -0.4 is 20.5 Å². The van der Waals surface area contributed by atoms with Crippen LogP contribution in [0.1, 0.15) is 42.3 Å². The van der Waals surface area contributed by atoms with Crippen LogP contribution in [-0.2, 0) is 10.2 Å². The first-order valence-electron chi connectivity index (χ1n) is 14.7. The first-order chi connectivity index (χ1) is 20.6. The van der Waals surface area contributed by atoms with Crippen molar-refractivity contribution in [1.29, 1.82) is 0 Å². The monoisotopic (exact) mass is 575 g/mol. The Morgan fingerprint density at radius 3 is 2.40 bits per heavy atom. The van der Waals surface area contributed by atoms with Crippen molar-refractivity contribution in [3.63, 3.8) is 0 Å². The van der Waals surface area contributed by atoms with Gasteiger partial charge in [0.2, 0.25) is 5.65 Å². The molecule has 0 unspecified atom stereocenters. The highest BCUT2D eigenvalue weighted by Gasteiger charge is 2.23. The molecule has 1 fully saturated rings. The van der Waals surface area contributed by atoms with E-state index in [0.29, 0.717) is 11.5 Å². The van der Waals surface area contributed by atoms with Gasteiger partial charge in [-0.25, -0.2) is 4.98 Å². The van der Waals surface area contributed by atoms with E-state index in [1.165, 1.54) is 11.3 Å². The summed E-state index contributed by atoms with van der Waals surface area (Å²) in [7, 11) is 1.82. The number of carbonyl (C=O) groups excluding carboxylic acids is 1. The smallest absolute Gasteiger partial charge is 0.343 e. The fourth-order valence-corrected chi connectivity index (χ4v) is 5.77. The average molecular weight is 576 g/mol. The van der Waals surface area contributed by atoms with Gasteiger partial charge in [0.15, 0.2) is 0 Å². The van der Waals surface area contributed by atoms with Gasteiger partial charge in [-0.3, -0.25) is 9.78 Å². The van der Waals surface area contributed by atoms with Crippen LogP contribution in [0.5, 0.6) is 0 Å². The van der Waals surface area contributed by atoms with E-state index in [0.717, 1.165) is 71.1 Å². The number of hydrogen-bond acceptors (Lipinski definition) is 5. The third-order valence-electron chi connectivity index (χ3n) is 8.34. The molecule has 2 aromatic heterocycles. The molecule has 0 saturated carbocycles. The molecule has 6 rings (SSSR count). The number of fused-ring (bicyclic) bond motifs is 1. The van der Waals surface area contributed by atoms with Gasteiger partial charge in [-0.15, -0.1) is 4.98 Å². The van der Waals surface area contributed by atoms with E-state index >= 15 is 0 Å². The first-order valence-corrected chi connectivity index (χ1v) is 14.7. The Morgan fingerprint density at radius 1 is 1.02 bits per heavy atom. The number of nitrogens with zero attached hydrogens (tertiary/aromatic N) is 3. The molecule has 8 heteroatoms. The average Bonchev–Trinajstić information content (AvgIpc) is 3.44. The summed E-state index contributed by atoms with van der Waals surface area (Å²) < 4.78 is 5.49. The van der Waals surface area contributed by atoms with Crippen LogP contribution in [0.2, 0.25) is 0 Å². The third-order valence-corrected chi connectivity index (χ3v) is 8.34. The Labute approximate surface area is 252 Å². The van der Waals surface area contributed by atoms with Crippen LogP contribution in [-0.4, -0.2) is 49.2 Å². The zero-order valence-electron chi connectivity index (χ0n) is 25.5. The van der Waals surface area contributed by atoms with Gasteiger partial charge < -0.3 is 20.3 Å². The second-order valence-corrected chi connectivity index (χ2v) is 12.2. The lowest BCUT2D eigenvalue weighted by atomic mass is 9.86. The van der Waals surface area contributed by atoms with Crippen molar-refractivity contribution in [3.05, 3.63) is 89.5 Å². The molecule has 0 spiro atoms. The number of nitrogens with two attached hydrogens (primary N) is 1. The molecule has 8 nitrogen and oxygen atoms in total. The highest BCUT2D eigenvalue weighted by Crippen LogP contribution is 2.35. The van der Waals surface area contributed by atoms with Crippen LogP contribution in [0.15, 0.2) is 72.8 Å². The molecule has 43 heavy (non-hydrogen) atoms. The van der Waals surface area contributed by atoms with Gasteiger partial charge in [0, 0.05) is 48.2 Å². The van der Waals surface area contributed by atoms with E-state index in [1.54, 1.807) is 4.90 Å². The lowest BCUT2D eigenvalue weighted by molar-refractivity contribution is -0.333. The summed E-state index contributed by atoms with van der Waals surface area (Å²) in [6.45, 7) is 11.8. The molecule has 5 aromatic rings. The summed E-state index contributed by atoms with van der Waals surface area (Å²) in [6, 6.07) is 24.5. The minimum Gasteiger partial charge on any atom is -0.378 e. The molecule has 0 radical (unpaired) electrons. The molecular formula is C35H39N6O2+.